The standard InChI is InChI=1S/C14H18F2N4O/c1-3-10(17)4-9-5-11(15)14(12(16)6-9)21-7-13-18-8-19-20(13)2/h5-6,8,10H,3-4,7,17H2,1-2H3. The highest BCUT2D eigenvalue weighted by atomic mass is 19.1. The molecule has 0 aliphatic heterocycles. The van der Waals surface area contributed by atoms with Gasteiger partial charge in [-0.05, 0) is 30.5 Å². The fourth-order valence-electron chi connectivity index (χ4n) is 1.90. The van der Waals surface area contributed by atoms with Crippen molar-refractivity contribution in [2.24, 2.45) is 12.8 Å². The summed E-state index contributed by atoms with van der Waals surface area (Å²) in [6.45, 7) is 1.87. The maximum atomic E-state index is 13.9. The van der Waals surface area contributed by atoms with Crippen LogP contribution in [0.25, 0.3) is 0 Å². The first-order valence-electron chi connectivity index (χ1n) is 6.70. The van der Waals surface area contributed by atoms with Crippen LogP contribution in [0.4, 0.5) is 8.78 Å². The summed E-state index contributed by atoms with van der Waals surface area (Å²) in [5, 5.41) is 3.85. The van der Waals surface area contributed by atoms with E-state index in [0.29, 0.717) is 17.8 Å². The highest BCUT2D eigenvalue weighted by molar-refractivity contribution is 5.31. The minimum Gasteiger partial charge on any atom is -0.479 e. The molecule has 0 fully saturated rings. The van der Waals surface area contributed by atoms with Crippen molar-refractivity contribution in [1.29, 1.82) is 0 Å². The van der Waals surface area contributed by atoms with Crippen molar-refractivity contribution in [1.82, 2.24) is 14.8 Å². The zero-order chi connectivity index (χ0) is 15.4. The van der Waals surface area contributed by atoms with Crippen LogP contribution in [0.5, 0.6) is 5.75 Å². The molecule has 0 aliphatic rings. The number of hydrogen-bond acceptors (Lipinski definition) is 4. The molecular formula is C14H18F2N4O. The van der Waals surface area contributed by atoms with E-state index in [-0.39, 0.29) is 12.6 Å². The molecule has 1 heterocycles. The van der Waals surface area contributed by atoms with Crippen LogP contribution in [0.2, 0.25) is 0 Å². The van der Waals surface area contributed by atoms with Gasteiger partial charge in [0, 0.05) is 13.1 Å². The van der Waals surface area contributed by atoms with Crippen LogP contribution >= 0.6 is 0 Å². The Bertz CT molecular complexity index is 592. The second kappa shape index (κ2) is 6.62. The smallest absolute Gasteiger partial charge is 0.191 e. The van der Waals surface area contributed by atoms with E-state index in [0.717, 1.165) is 6.42 Å². The molecule has 114 valence electrons. The predicted molar refractivity (Wildman–Crippen MR) is 73.7 cm³/mol. The Kier molecular flexibility index (Phi) is 4.85. The molecular weight excluding hydrogens is 278 g/mol. The van der Waals surface area contributed by atoms with Gasteiger partial charge in [-0.15, -0.1) is 0 Å². The topological polar surface area (TPSA) is 66.0 Å². The first-order chi connectivity index (χ1) is 10.0. The Hall–Kier alpha value is -2.02. The van der Waals surface area contributed by atoms with Gasteiger partial charge in [0.1, 0.15) is 12.9 Å². The lowest BCUT2D eigenvalue weighted by Gasteiger charge is -2.12. The lowest BCUT2D eigenvalue weighted by atomic mass is 10.0. The number of aromatic nitrogens is 3. The van der Waals surface area contributed by atoms with Crippen molar-refractivity contribution in [3.8, 4) is 5.75 Å². The van der Waals surface area contributed by atoms with Crippen molar-refractivity contribution in [3.63, 3.8) is 0 Å². The second-order valence-electron chi connectivity index (χ2n) is 4.85. The van der Waals surface area contributed by atoms with E-state index in [4.69, 9.17) is 10.5 Å². The number of hydrogen-bond donors (Lipinski definition) is 1. The van der Waals surface area contributed by atoms with Crippen LogP contribution in [-0.4, -0.2) is 20.8 Å². The summed E-state index contributed by atoms with van der Waals surface area (Å²) < 4.78 is 34.5. The average Bonchev–Trinajstić information content (AvgIpc) is 2.83. The number of rotatable bonds is 6. The van der Waals surface area contributed by atoms with Crippen LogP contribution in [-0.2, 0) is 20.1 Å². The first-order valence-corrected chi connectivity index (χ1v) is 6.70. The number of halogens is 2. The summed E-state index contributed by atoms with van der Waals surface area (Å²) in [6.07, 6.45) is 2.52. The monoisotopic (exact) mass is 296 g/mol. The summed E-state index contributed by atoms with van der Waals surface area (Å²) in [5.41, 5.74) is 6.31. The Labute approximate surface area is 121 Å². The van der Waals surface area contributed by atoms with Gasteiger partial charge in [0.05, 0.1) is 0 Å². The molecule has 0 saturated carbocycles. The molecule has 1 atom stereocenters. The van der Waals surface area contributed by atoms with Crippen molar-refractivity contribution < 1.29 is 13.5 Å². The molecule has 1 aromatic heterocycles. The summed E-state index contributed by atoms with van der Waals surface area (Å²) in [4.78, 5) is 3.92. The molecule has 0 saturated heterocycles. The van der Waals surface area contributed by atoms with Crippen molar-refractivity contribution in [3.05, 3.63) is 41.5 Å². The number of ether oxygens (including phenoxy) is 1. The zero-order valence-electron chi connectivity index (χ0n) is 12.0. The van der Waals surface area contributed by atoms with E-state index in [2.05, 4.69) is 10.1 Å². The van der Waals surface area contributed by atoms with Gasteiger partial charge in [0.25, 0.3) is 0 Å². The third kappa shape index (κ3) is 3.75. The van der Waals surface area contributed by atoms with E-state index < -0.39 is 17.4 Å². The summed E-state index contributed by atoms with van der Waals surface area (Å²) in [7, 11) is 1.67. The van der Waals surface area contributed by atoms with E-state index >= 15 is 0 Å². The molecule has 0 bridgehead atoms. The molecule has 1 aromatic carbocycles. The third-order valence-corrected chi connectivity index (χ3v) is 3.23. The van der Waals surface area contributed by atoms with Crippen LogP contribution in [0.3, 0.4) is 0 Å². The highest BCUT2D eigenvalue weighted by Gasteiger charge is 2.15. The zero-order valence-corrected chi connectivity index (χ0v) is 12.0. The Morgan fingerprint density at radius 2 is 2.00 bits per heavy atom. The lowest BCUT2D eigenvalue weighted by molar-refractivity contribution is 0.261. The quantitative estimate of drug-likeness (QED) is 0.885. The molecule has 2 rings (SSSR count). The first kappa shape index (κ1) is 15.4. The molecule has 7 heteroatoms. The normalized spacial score (nSPS) is 12.4. The van der Waals surface area contributed by atoms with E-state index in [1.165, 1.54) is 23.1 Å². The molecule has 0 radical (unpaired) electrons. The van der Waals surface area contributed by atoms with Crippen LogP contribution in [0.1, 0.15) is 24.7 Å². The number of nitrogens with two attached hydrogens (primary N) is 1. The van der Waals surface area contributed by atoms with Gasteiger partial charge in [0.15, 0.2) is 23.2 Å². The third-order valence-electron chi connectivity index (χ3n) is 3.23. The van der Waals surface area contributed by atoms with Gasteiger partial charge in [-0.2, -0.15) is 5.10 Å². The van der Waals surface area contributed by atoms with E-state index in [9.17, 15) is 8.78 Å². The molecule has 2 N–H and O–H groups in total. The predicted octanol–water partition coefficient (Wildman–Crippen LogP) is 1.95. The number of aryl methyl sites for hydroxylation is 1. The molecule has 0 spiro atoms. The fourth-order valence-corrected chi connectivity index (χ4v) is 1.90. The second-order valence-corrected chi connectivity index (χ2v) is 4.85. The molecule has 0 amide bonds. The molecule has 2 aromatic rings. The van der Waals surface area contributed by atoms with Gasteiger partial charge in [-0.25, -0.2) is 13.8 Å². The number of nitrogens with zero attached hydrogens (tertiary/aromatic N) is 3. The van der Waals surface area contributed by atoms with Gasteiger partial charge in [0.2, 0.25) is 0 Å². The molecule has 1 unspecified atom stereocenters. The van der Waals surface area contributed by atoms with E-state index in [1.54, 1.807) is 7.05 Å². The highest BCUT2D eigenvalue weighted by Crippen LogP contribution is 2.24. The summed E-state index contributed by atoms with van der Waals surface area (Å²) >= 11 is 0. The minimum absolute atomic E-state index is 0.0574. The SMILES string of the molecule is CCC(N)Cc1cc(F)c(OCc2ncnn2C)c(F)c1. The maximum absolute atomic E-state index is 13.9. The van der Waals surface area contributed by atoms with Crippen molar-refractivity contribution in [2.75, 3.05) is 0 Å². The number of benzene rings is 1. The Balaban J connectivity index is 2.11. The van der Waals surface area contributed by atoms with Crippen LogP contribution in [0.15, 0.2) is 18.5 Å². The maximum Gasteiger partial charge on any atom is 0.191 e. The van der Waals surface area contributed by atoms with E-state index in [1.807, 2.05) is 6.92 Å². The molecule has 5 nitrogen and oxygen atoms in total. The van der Waals surface area contributed by atoms with Crippen LogP contribution < -0.4 is 10.5 Å². The van der Waals surface area contributed by atoms with Crippen molar-refractivity contribution in [2.45, 2.75) is 32.4 Å². The molecule has 21 heavy (non-hydrogen) atoms. The Morgan fingerprint density at radius 1 is 1.33 bits per heavy atom. The fraction of sp³-hybridized carbons (Fsp3) is 0.429. The van der Waals surface area contributed by atoms with Gasteiger partial charge < -0.3 is 10.5 Å². The summed E-state index contributed by atoms with van der Waals surface area (Å²) in [6, 6.07) is 2.39. The largest absolute Gasteiger partial charge is 0.479 e. The Morgan fingerprint density at radius 3 is 2.52 bits per heavy atom. The average molecular weight is 296 g/mol. The molecule has 0 aliphatic carbocycles. The van der Waals surface area contributed by atoms with Crippen molar-refractivity contribution >= 4 is 0 Å². The van der Waals surface area contributed by atoms with Gasteiger partial charge >= 0.3 is 0 Å². The summed E-state index contributed by atoms with van der Waals surface area (Å²) in [5.74, 6) is -1.41. The lowest BCUT2D eigenvalue weighted by Crippen LogP contribution is -2.21. The van der Waals surface area contributed by atoms with Gasteiger partial charge in [-0.3, -0.25) is 4.68 Å². The van der Waals surface area contributed by atoms with Crippen LogP contribution in [0, 0.1) is 11.6 Å². The minimum atomic E-state index is -0.740. The van der Waals surface area contributed by atoms with Gasteiger partial charge in [-0.1, -0.05) is 6.92 Å².